The molecule has 0 N–H and O–H groups in total. The molecule has 0 unspecified atom stereocenters. The minimum Gasteiger partial charge on any atom is -0.0911 e. The van der Waals surface area contributed by atoms with E-state index in [0.29, 0.717) is 12.6 Å². The van der Waals surface area contributed by atoms with Crippen LogP contribution in [0.4, 0.5) is 0 Å². The Kier molecular flexibility index (Phi) is 10.1. The van der Waals surface area contributed by atoms with Crippen molar-refractivity contribution < 1.29 is 0 Å². The Balaban J connectivity index is 2.45. The minimum atomic E-state index is 0.0958. The van der Waals surface area contributed by atoms with E-state index in [1.165, 1.54) is 54.9 Å². The van der Waals surface area contributed by atoms with Gasteiger partial charge in [-0.25, -0.2) is 0 Å². The van der Waals surface area contributed by atoms with Crippen LogP contribution in [0.3, 0.4) is 0 Å². The molecule has 0 aliphatic heterocycles. The number of rotatable bonds is 9. The lowest BCUT2D eigenvalue weighted by Gasteiger charge is -2.24. The minimum absolute atomic E-state index is 0.0958. The summed E-state index contributed by atoms with van der Waals surface area (Å²) in [6.07, 6.45) is 13.6. The van der Waals surface area contributed by atoms with Gasteiger partial charge >= 0.3 is 0 Å². The van der Waals surface area contributed by atoms with Crippen molar-refractivity contribution in [2.75, 3.05) is 0 Å². The SMILES string of the molecule is C=C(/C=C(\CC)C(C)(C)C)c1c(\C=C/C(=C/CC)C(=C\C)/C(C)C)ccc2ccc3cccc(B(C)C)c3c12. The molecule has 0 saturated heterocycles. The molecule has 0 nitrogen and oxygen atoms in total. The molecular formula is C38H49B. The molecule has 3 aromatic carbocycles. The molecule has 0 fully saturated rings. The van der Waals surface area contributed by atoms with Crippen LogP contribution in [0.15, 0.2) is 90.1 Å². The second kappa shape index (κ2) is 12.9. The van der Waals surface area contributed by atoms with Crippen LogP contribution >= 0.6 is 0 Å². The first-order chi connectivity index (χ1) is 18.4. The molecule has 1 heteroatoms. The second-order valence-electron chi connectivity index (χ2n) is 12.4. The van der Waals surface area contributed by atoms with E-state index in [4.69, 9.17) is 6.58 Å². The summed E-state index contributed by atoms with van der Waals surface area (Å²) in [5, 5.41) is 5.24. The van der Waals surface area contributed by atoms with Crippen LogP contribution in [0.2, 0.25) is 13.6 Å². The van der Waals surface area contributed by atoms with E-state index >= 15 is 0 Å². The zero-order chi connectivity index (χ0) is 28.9. The highest BCUT2D eigenvalue weighted by molar-refractivity contribution is 6.73. The van der Waals surface area contributed by atoms with Crippen molar-refractivity contribution in [2.24, 2.45) is 11.3 Å². The summed E-state index contributed by atoms with van der Waals surface area (Å²) in [5.41, 5.74) is 9.18. The smallest absolute Gasteiger partial charge is 0.0911 e. The van der Waals surface area contributed by atoms with E-state index in [2.05, 4.69) is 142 Å². The molecule has 0 bridgehead atoms. The maximum absolute atomic E-state index is 4.73. The molecule has 0 saturated carbocycles. The van der Waals surface area contributed by atoms with Gasteiger partial charge in [0.15, 0.2) is 6.71 Å². The first kappa shape index (κ1) is 30.5. The molecule has 204 valence electrons. The van der Waals surface area contributed by atoms with Crippen molar-refractivity contribution in [3.05, 3.63) is 101 Å². The first-order valence-corrected chi connectivity index (χ1v) is 14.9. The monoisotopic (exact) mass is 516 g/mol. The molecule has 0 spiro atoms. The molecule has 0 heterocycles. The fraction of sp³-hybridized carbons (Fsp3) is 0.368. The van der Waals surface area contributed by atoms with Gasteiger partial charge in [0.1, 0.15) is 0 Å². The summed E-state index contributed by atoms with van der Waals surface area (Å²) < 4.78 is 0. The average molecular weight is 517 g/mol. The lowest BCUT2D eigenvalue weighted by Crippen LogP contribution is -2.23. The maximum atomic E-state index is 4.73. The third-order valence-corrected chi connectivity index (χ3v) is 7.86. The van der Waals surface area contributed by atoms with Crippen LogP contribution in [0.5, 0.6) is 0 Å². The van der Waals surface area contributed by atoms with Crippen molar-refractivity contribution in [1.29, 1.82) is 0 Å². The molecule has 39 heavy (non-hydrogen) atoms. The quantitative estimate of drug-likeness (QED) is 0.151. The number of benzene rings is 3. The molecule has 0 atom stereocenters. The Morgan fingerprint density at radius 1 is 0.949 bits per heavy atom. The van der Waals surface area contributed by atoms with Gasteiger partial charge < -0.3 is 0 Å². The Morgan fingerprint density at radius 3 is 2.13 bits per heavy atom. The van der Waals surface area contributed by atoms with Gasteiger partial charge in [0.2, 0.25) is 0 Å². The van der Waals surface area contributed by atoms with E-state index < -0.39 is 0 Å². The predicted molar refractivity (Wildman–Crippen MR) is 181 cm³/mol. The number of hydrogen-bond donors (Lipinski definition) is 0. The number of hydrogen-bond acceptors (Lipinski definition) is 0. The zero-order valence-electron chi connectivity index (χ0n) is 26.2. The van der Waals surface area contributed by atoms with Crippen molar-refractivity contribution in [3.8, 4) is 0 Å². The molecule has 0 amide bonds. The van der Waals surface area contributed by atoms with E-state index in [9.17, 15) is 0 Å². The van der Waals surface area contributed by atoms with Crippen molar-refractivity contribution >= 4 is 45.4 Å². The summed E-state index contributed by atoms with van der Waals surface area (Å²) in [6.45, 7) is 27.8. The summed E-state index contributed by atoms with van der Waals surface area (Å²) in [4.78, 5) is 0. The van der Waals surface area contributed by atoms with Gasteiger partial charge in [0.25, 0.3) is 0 Å². The molecule has 3 aromatic rings. The maximum Gasteiger partial charge on any atom is 0.170 e. The first-order valence-electron chi connectivity index (χ1n) is 14.9. The normalized spacial score (nSPS) is 13.8. The highest BCUT2D eigenvalue weighted by Gasteiger charge is 2.19. The molecule has 0 aliphatic carbocycles. The van der Waals surface area contributed by atoms with Gasteiger partial charge in [0, 0.05) is 0 Å². The van der Waals surface area contributed by atoms with Crippen LogP contribution in [0.25, 0.3) is 33.2 Å². The van der Waals surface area contributed by atoms with Crippen molar-refractivity contribution in [3.63, 3.8) is 0 Å². The van der Waals surface area contributed by atoms with Crippen LogP contribution in [-0.4, -0.2) is 6.71 Å². The van der Waals surface area contributed by atoms with E-state index in [-0.39, 0.29) is 5.41 Å². The Hall–Kier alpha value is -3.06. The van der Waals surface area contributed by atoms with Gasteiger partial charge in [0.05, 0.1) is 0 Å². The Morgan fingerprint density at radius 2 is 1.59 bits per heavy atom. The Bertz CT molecular complexity index is 1460. The van der Waals surface area contributed by atoms with E-state index in [1.54, 1.807) is 0 Å². The predicted octanol–water partition coefficient (Wildman–Crippen LogP) is 11.3. The summed E-state index contributed by atoms with van der Waals surface area (Å²) in [7, 11) is 0. The summed E-state index contributed by atoms with van der Waals surface area (Å²) in [6, 6.07) is 15.9. The van der Waals surface area contributed by atoms with Crippen LogP contribution < -0.4 is 5.46 Å². The standard InChI is InChI=1S/C38H49B/c1-12-16-28(33(14-3)26(4)5)19-20-30-22-24-31-23-21-29-17-15-18-34(39(10)11)36(29)37(31)35(30)27(6)25-32(13-2)38(7,8)9/h14-26H,6,12-13H2,1-5,7-11H3/b20-19-,28-16-,32-25+,33-14-. The van der Waals surface area contributed by atoms with Gasteiger partial charge in [-0.05, 0) is 80.5 Å². The topological polar surface area (TPSA) is 0 Å². The van der Waals surface area contributed by atoms with Gasteiger partial charge in [-0.2, -0.15) is 0 Å². The Labute approximate surface area is 239 Å². The highest BCUT2D eigenvalue weighted by Crippen LogP contribution is 2.38. The van der Waals surface area contributed by atoms with Gasteiger partial charge in [-0.3, -0.25) is 0 Å². The van der Waals surface area contributed by atoms with Crippen LogP contribution in [-0.2, 0) is 0 Å². The zero-order valence-corrected chi connectivity index (χ0v) is 26.2. The molecular weight excluding hydrogens is 467 g/mol. The lowest BCUT2D eigenvalue weighted by atomic mass is 9.48. The van der Waals surface area contributed by atoms with E-state index in [1.807, 2.05) is 0 Å². The average Bonchev–Trinajstić information content (AvgIpc) is 2.88. The van der Waals surface area contributed by atoms with Crippen LogP contribution in [0, 0.1) is 11.3 Å². The van der Waals surface area contributed by atoms with Gasteiger partial charge in [-0.15, -0.1) is 0 Å². The van der Waals surface area contributed by atoms with E-state index in [0.717, 1.165) is 18.4 Å². The molecule has 0 aliphatic rings. The highest BCUT2D eigenvalue weighted by atomic mass is 14.2. The summed E-state index contributed by atoms with van der Waals surface area (Å²) in [5.74, 6) is 0.475. The second-order valence-corrected chi connectivity index (χ2v) is 12.4. The van der Waals surface area contributed by atoms with Crippen molar-refractivity contribution in [2.45, 2.75) is 81.9 Å². The number of allylic oxidation sites excluding steroid dienone is 8. The fourth-order valence-corrected chi connectivity index (χ4v) is 5.85. The van der Waals surface area contributed by atoms with Gasteiger partial charge in [-0.1, -0.05) is 153 Å². The fourth-order valence-electron chi connectivity index (χ4n) is 5.85. The summed E-state index contributed by atoms with van der Waals surface area (Å²) >= 11 is 0. The largest absolute Gasteiger partial charge is 0.170 e. The molecule has 0 radical (unpaired) electrons. The third kappa shape index (κ3) is 6.75. The van der Waals surface area contributed by atoms with Crippen molar-refractivity contribution in [1.82, 2.24) is 0 Å². The molecule has 3 rings (SSSR count). The third-order valence-electron chi connectivity index (χ3n) is 7.86. The lowest BCUT2D eigenvalue weighted by molar-refractivity contribution is 0.488. The van der Waals surface area contributed by atoms with Crippen LogP contribution in [0.1, 0.15) is 79.4 Å². The molecule has 0 aromatic heterocycles. The number of fused-ring (bicyclic) bond motifs is 3.